The molecular formula is C27H19F4N3O3S. The highest BCUT2D eigenvalue weighted by molar-refractivity contribution is 7.92. The van der Waals surface area contributed by atoms with Gasteiger partial charge in [-0.25, -0.2) is 22.1 Å². The predicted molar refractivity (Wildman–Crippen MR) is 136 cm³/mol. The summed E-state index contributed by atoms with van der Waals surface area (Å²) in [5.74, 6) is 2.73. The summed E-state index contributed by atoms with van der Waals surface area (Å²) in [6, 6.07) is 12.0. The van der Waals surface area contributed by atoms with Gasteiger partial charge >= 0.3 is 6.18 Å². The van der Waals surface area contributed by atoms with Crippen LogP contribution in [-0.2, 0) is 27.5 Å². The van der Waals surface area contributed by atoms with Crippen LogP contribution in [0.15, 0.2) is 60.7 Å². The number of terminal acetylenes is 2. The number of carbonyl (C=O) groups is 1. The van der Waals surface area contributed by atoms with Crippen LogP contribution < -0.4 is 9.62 Å². The molecule has 0 saturated heterocycles. The lowest BCUT2D eigenvalue weighted by atomic mass is 10.1. The molecule has 0 unspecified atom stereocenters. The van der Waals surface area contributed by atoms with Gasteiger partial charge in [0, 0.05) is 18.2 Å². The largest absolute Gasteiger partial charge is 0.433 e. The van der Waals surface area contributed by atoms with Crippen molar-refractivity contribution < 1.29 is 30.8 Å². The summed E-state index contributed by atoms with van der Waals surface area (Å²) >= 11 is 0. The fraction of sp³-hybridized carbons (Fsp3) is 0.111. The van der Waals surface area contributed by atoms with E-state index in [1.807, 2.05) is 5.92 Å². The molecule has 0 atom stereocenters. The number of hydrogen-bond donors (Lipinski definition) is 1. The summed E-state index contributed by atoms with van der Waals surface area (Å²) in [6.07, 6.45) is 9.25. The van der Waals surface area contributed by atoms with Gasteiger partial charge in [-0.1, -0.05) is 24.1 Å². The molecule has 1 N–H and O–H groups in total. The molecule has 0 aliphatic heterocycles. The zero-order valence-electron chi connectivity index (χ0n) is 19.8. The van der Waals surface area contributed by atoms with E-state index in [1.54, 1.807) is 18.2 Å². The third kappa shape index (κ3) is 6.58. The number of carbonyl (C=O) groups excluding carboxylic acids is 1. The first-order valence-electron chi connectivity index (χ1n) is 10.7. The molecule has 0 radical (unpaired) electrons. The molecule has 194 valence electrons. The van der Waals surface area contributed by atoms with Gasteiger partial charge in [-0.2, -0.15) is 13.2 Å². The summed E-state index contributed by atoms with van der Waals surface area (Å²) in [5.41, 5.74) is -1.33. The van der Waals surface area contributed by atoms with Crippen molar-refractivity contribution >= 4 is 33.4 Å². The monoisotopic (exact) mass is 541 g/mol. The van der Waals surface area contributed by atoms with E-state index in [0.29, 0.717) is 0 Å². The Hall–Kier alpha value is -4.61. The van der Waals surface area contributed by atoms with Crippen LogP contribution in [-0.4, -0.2) is 25.6 Å². The normalized spacial score (nSPS) is 11.6. The van der Waals surface area contributed by atoms with Crippen LogP contribution in [0.4, 0.5) is 28.9 Å². The first kappa shape index (κ1) is 28.0. The smallest absolute Gasteiger partial charge is 0.348 e. The number of alkyl halides is 3. The number of benzene rings is 2. The summed E-state index contributed by atoms with van der Waals surface area (Å²) in [5, 5.41) is 2.49. The topological polar surface area (TPSA) is 79.4 Å². The summed E-state index contributed by atoms with van der Waals surface area (Å²) in [6.45, 7) is -0.188. The number of sulfonamides is 1. The maximum Gasteiger partial charge on any atom is 0.433 e. The zero-order chi connectivity index (χ0) is 28.1. The highest BCUT2D eigenvalue weighted by atomic mass is 32.2. The van der Waals surface area contributed by atoms with Gasteiger partial charge in [0.25, 0.3) is 0 Å². The highest BCUT2D eigenvalue weighted by Gasteiger charge is 2.32. The van der Waals surface area contributed by atoms with Crippen molar-refractivity contribution in [3.05, 3.63) is 94.6 Å². The number of halogens is 4. The summed E-state index contributed by atoms with van der Waals surface area (Å²) in [4.78, 5) is 15.6. The average Bonchev–Trinajstić information content (AvgIpc) is 2.86. The average molecular weight is 542 g/mol. The van der Waals surface area contributed by atoms with Crippen molar-refractivity contribution in [3.63, 3.8) is 0 Å². The number of pyridine rings is 1. The SMILES string of the molecule is C#Cc1cc(CNC(=O)/C=C\c2ccc(C(F)(F)F)nc2C#C)cc(F)c1N(c1ccccc1)S(C)(=O)=O. The lowest BCUT2D eigenvalue weighted by Crippen LogP contribution is -2.27. The maximum atomic E-state index is 15.2. The molecule has 3 rings (SSSR count). The van der Waals surface area contributed by atoms with E-state index in [4.69, 9.17) is 12.8 Å². The van der Waals surface area contributed by atoms with Crippen molar-refractivity contribution in [1.82, 2.24) is 10.3 Å². The number of nitrogens with zero attached hydrogens (tertiary/aromatic N) is 2. The zero-order valence-corrected chi connectivity index (χ0v) is 20.6. The van der Waals surface area contributed by atoms with E-state index in [0.717, 1.165) is 34.8 Å². The van der Waals surface area contributed by atoms with E-state index in [1.165, 1.54) is 24.3 Å². The lowest BCUT2D eigenvalue weighted by molar-refractivity contribution is -0.141. The molecule has 0 saturated carbocycles. The number of amides is 1. The molecular weight excluding hydrogens is 522 g/mol. The fourth-order valence-electron chi connectivity index (χ4n) is 3.41. The first-order chi connectivity index (χ1) is 17.8. The van der Waals surface area contributed by atoms with Crippen molar-refractivity contribution in [2.24, 2.45) is 0 Å². The second-order valence-electron chi connectivity index (χ2n) is 7.81. The van der Waals surface area contributed by atoms with Crippen LogP contribution in [0.2, 0.25) is 0 Å². The van der Waals surface area contributed by atoms with Gasteiger partial charge in [-0.3, -0.25) is 4.79 Å². The number of anilines is 2. The lowest BCUT2D eigenvalue weighted by Gasteiger charge is -2.24. The molecule has 38 heavy (non-hydrogen) atoms. The predicted octanol–water partition coefficient (Wildman–Crippen LogP) is 4.63. The minimum Gasteiger partial charge on any atom is -0.348 e. The second kappa shape index (κ2) is 11.2. The molecule has 1 amide bonds. The minimum absolute atomic E-state index is 0.0615. The molecule has 2 aromatic carbocycles. The van der Waals surface area contributed by atoms with E-state index >= 15 is 4.39 Å². The summed E-state index contributed by atoms with van der Waals surface area (Å²) in [7, 11) is -3.98. The Morgan fingerprint density at radius 2 is 1.79 bits per heavy atom. The van der Waals surface area contributed by atoms with Crippen LogP contribution in [0.5, 0.6) is 0 Å². The fourth-order valence-corrected chi connectivity index (χ4v) is 4.44. The van der Waals surface area contributed by atoms with Gasteiger partial charge in [-0.15, -0.1) is 12.8 Å². The molecule has 0 aliphatic rings. The van der Waals surface area contributed by atoms with Crippen LogP contribution in [0.1, 0.15) is 28.1 Å². The molecule has 0 aliphatic carbocycles. The van der Waals surface area contributed by atoms with Crippen LogP contribution in [0.3, 0.4) is 0 Å². The number of rotatable bonds is 7. The van der Waals surface area contributed by atoms with Crippen LogP contribution >= 0.6 is 0 Å². The Morgan fingerprint density at radius 3 is 2.37 bits per heavy atom. The van der Waals surface area contributed by atoms with Gasteiger partial charge in [0.1, 0.15) is 22.9 Å². The van der Waals surface area contributed by atoms with Gasteiger partial charge in [0.05, 0.1) is 17.5 Å². The van der Waals surface area contributed by atoms with Gasteiger partial charge in [-0.05, 0) is 54.0 Å². The standard InChI is InChI=1S/C27H19F4N3O3S/c1-4-19-15-18(16-22(28)26(19)34(38(3,36)37)21-9-7-6-8-10-21)17-32-25(35)14-12-20-11-13-24(27(29,30)31)33-23(20)5-2/h1-2,6-16H,17H2,3H3,(H,32,35)/b14-12-. The van der Waals surface area contributed by atoms with E-state index in [9.17, 15) is 26.4 Å². The molecule has 1 aromatic heterocycles. The minimum atomic E-state index is -4.67. The number of nitrogens with one attached hydrogen (secondary N) is 1. The molecule has 0 bridgehead atoms. The van der Waals surface area contributed by atoms with Crippen LogP contribution in [0.25, 0.3) is 6.08 Å². The third-order valence-corrected chi connectivity index (χ3v) is 6.10. The number of para-hydroxylation sites is 1. The van der Waals surface area contributed by atoms with Crippen molar-refractivity contribution in [2.75, 3.05) is 10.6 Å². The quantitative estimate of drug-likeness (QED) is 0.269. The van der Waals surface area contributed by atoms with E-state index in [2.05, 4.69) is 16.2 Å². The Bertz CT molecular complexity index is 1590. The summed E-state index contributed by atoms with van der Waals surface area (Å²) < 4.78 is 79.5. The molecule has 3 aromatic rings. The molecule has 0 spiro atoms. The first-order valence-corrected chi connectivity index (χ1v) is 12.5. The van der Waals surface area contributed by atoms with E-state index in [-0.39, 0.29) is 40.3 Å². The van der Waals surface area contributed by atoms with Crippen LogP contribution in [0, 0.1) is 30.5 Å². The Morgan fingerprint density at radius 1 is 1.11 bits per heavy atom. The molecule has 1 heterocycles. The second-order valence-corrected chi connectivity index (χ2v) is 9.64. The Kier molecular flexibility index (Phi) is 8.24. The Labute approximate surface area is 217 Å². The molecule has 0 fully saturated rings. The Balaban J connectivity index is 1.82. The van der Waals surface area contributed by atoms with Gasteiger partial charge < -0.3 is 5.32 Å². The third-order valence-electron chi connectivity index (χ3n) is 5.04. The number of aromatic nitrogens is 1. The van der Waals surface area contributed by atoms with Crippen molar-refractivity contribution in [2.45, 2.75) is 12.7 Å². The maximum absolute atomic E-state index is 15.2. The van der Waals surface area contributed by atoms with E-state index < -0.39 is 33.6 Å². The molecule has 6 nitrogen and oxygen atoms in total. The van der Waals surface area contributed by atoms with Gasteiger partial charge in [0.2, 0.25) is 15.9 Å². The van der Waals surface area contributed by atoms with Crippen molar-refractivity contribution in [3.8, 4) is 24.7 Å². The van der Waals surface area contributed by atoms with Crippen molar-refractivity contribution in [1.29, 1.82) is 0 Å². The molecule has 11 heteroatoms. The highest BCUT2D eigenvalue weighted by Crippen LogP contribution is 2.34. The van der Waals surface area contributed by atoms with Gasteiger partial charge in [0.15, 0.2) is 0 Å². The number of hydrogen-bond acceptors (Lipinski definition) is 4.